The van der Waals surface area contributed by atoms with Crippen molar-refractivity contribution in [2.45, 2.75) is 43.8 Å². The highest BCUT2D eigenvalue weighted by Gasteiger charge is 2.41. The maximum Gasteiger partial charge on any atom is 0.455 e. The maximum atomic E-state index is 13.9. The normalized spacial score (nSPS) is 19.2. The molecular weight excluding hydrogens is 599 g/mol. The Morgan fingerprint density at radius 2 is 1.76 bits per heavy atom. The van der Waals surface area contributed by atoms with Crippen molar-refractivity contribution in [1.82, 2.24) is 14.8 Å². The molecule has 2 aliphatic rings. The third-order valence-corrected chi connectivity index (χ3v) is 7.73. The molecule has 5 N–H and O–H groups in total. The zero-order valence-electron chi connectivity index (χ0n) is 24.7. The molecule has 1 unspecified atom stereocenters. The fourth-order valence-corrected chi connectivity index (χ4v) is 5.25. The van der Waals surface area contributed by atoms with E-state index >= 15 is 0 Å². The van der Waals surface area contributed by atoms with Crippen molar-refractivity contribution >= 4 is 28.9 Å². The number of ketones is 1. The molecule has 1 aromatic carbocycles. The fourth-order valence-electron chi connectivity index (χ4n) is 5.25. The van der Waals surface area contributed by atoms with Gasteiger partial charge in [-0.2, -0.15) is 13.2 Å². The van der Waals surface area contributed by atoms with E-state index in [0.29, 0.717) is 36.3 Å². The van der Waals surface area contributed by atoms with E-state index in [1.54, 1.807) is 29.2 Å². The lowest BCUT2D eigenvalue weighted by atomic mass is 10.0. The van der Waals surface area contributed by atoms with E-state index in [9.17, 15) is 31.5 Å². The first-order valence-corrected chi connectivity index (χ1v) is 14.3. The van der Waals surface area contributed by atoms with Crippen LogP contribution < -0.4 is 21.5 Å². The van der Waals surface area contributed by atoms with Crippen LogP contribution in [0.4, 0.5) is 33.6 Å². The number of nitrogens with two attached hydrogens (primary N) is 2. The molecule has 2 aromatic rings. The third-order valence-electron chi connectivity index (χ3n) is 7.73. The highest BCUT2D eigenvalue weighted by molar-refractivity contribution is 6.04. The van der Waals surface area contributed by atoms with Crippen LogP contribution in [0.25, 0.3) is 5.57 Å². The molecule has 3 heterocycles. The van der Waals surface area contributed by atoms with Gasteiger partial charge in [0.2, 0.25) is 0 Å². The number of carbonyl (C=O) groups excluding carboxylic acids is 2. The summed E-state index contributed by atoms with van der Waals surface area (Å²) in [7, 11) is 1.52. The number of likely N-dealkylation sites (tertiary alicyclic amines) is 2. The van der Waals surface area contributed by atoms with Gasteiger partial charge >= 0.3 is 6.18 Å². The second-order valence-electron chi connectivity index (χ2n) is 10.9. The third kappa shape index (κ3) is 8.11. The van der Waals surface area contributed by atoms with Crippen molar-refractivity contribution in [2.24, 2.45) is 5.73 Å². The molecule has 14 heteroatoms. The van der Waals surface area contributed by atoms with Gasteiger partial charge in [-0.05, 0) is 42.7 Å². The second kappa shape index (κ2) is 13.6. The molecule has 9 nitrogen and oxygen atoms in total. The number of para-hydroxylation sites is 1. The SMILES string of the molecule is C=C(/C=C\C(C(=O)N1CCC(F)(F)CC1)=C(/N)N1CCCC(Nc2ccc(C(=O)C(F)(F)F)c(N)n2)C1)c1ccccc1OC. The lowest BCUT2D eigenvalue weighted by Gasteiger charge is -2.37. The second-order valence-corrected chi connectivity index (χ2v) is 10.9. The Balaban J connectivity index is 1.58. The molecule has 45 heavy (non-hydrogen) atoms. The molecule has 0 spiro atoms. The maximum absolute atomic E-state index is 13.9. The van der Waals surface area contributed by atoms with Gasteiger partial charge in [0.15, 0.2) is 0 Å². The molecule has 1 amide bonds. The van der Waals surface area contributed by atoms with Crippen LogP contribution in [-0.2, 0) is 4.79 Å². The summed E-state index contributed by atoms with van der Waals surface area (Å²) in [6, 6.07) is 9.09. The lowest BCUT2D eigenvalue weighted by molar-refractivity contribution is -0.133. The zero-order valence-corrected chi connectivity index (χ0v) is 24.7. The lowest BCUT2D eigenvalue weighted by Crippen LogP contribution is -2.46. The van der Waals surface area contributed by atoms with E-state index in [1.807, 2.05) is 6.07 Å². The average molecular weight is 635 g/mol. The number of methoxy groups -OCH3 is 1. The summed E-state index contributed by atoms with van der Waals surface area (Å²) in [5.41, 5.74) is 12.8. The number of carbonyl (C=O) groups is 2. The van der Waals surface area contributed by atoms with E-state index in [4.69, 9.17) is 16.2 Å². The predicted octanol–water partition coefficient (Wildman–Crippen LogP) is 4.99. The van der Waals surface area contributed by atoms with E-state index in [-0.39, 0.29) is 42.9 Å². The number of rotatable bonds is 9. The number of alkyl halides is 5. The minimum atomic E-state index is -5.09. The molecule has 0 radical (unpaired) electrons. The minimum Gasteiger partial charge on any atom is -0.496 e. The number of hydrogen-bond donors (Lipinski definition) is 3. The van der Waals surface area contributed by atoms with Gasteiger partial charge < -0.3 is 31.3 Å². The van der Waals surface area contributed by atoms with Gasteiger partial charge in [-0.15, -0.1) is 0 Å². The topological polar surface area (TPSA) is 127 Å². The molecular formula is C31H35F5N6O3. The van der Waals surface area contributed by atoms with Crippen molar-refractivity contribution in [1.29, 1.82) is 0 Å². The molecule has 0 aliphatic carbocycles. The van der Waals surface area contributed by atoms with Gasteiger partial charge in [0.1, 0.15) is 23.2 Å². The number of amides is 1. The molecule has 242 valence electrons. The van der Waals surface area contributed by atoms with Crippen LogP contribution >= 0.6 is 0 Å². The Kier molecular flexibility index (Phi) is 10.0. The Morgan fingerprint density at radius 3 is 2.40 bits per heavy atom. The molecule has 1 atom stereocenters. The number of aromatic nitrogens is 1. The van der Waals surface area contributed by atoms with Crippen molar-refractivity contribution < 1.29 is 36.3 Å². The van der Waals surface area contributed by atoms with E-state index in [1.165, 1.54) is 24.2 Å². The van der Waals surface area contributed by atoms with E-state index in [0.717, 1.165) is 6.07 Å². The van der Waals surface area contributed by atoms with Gasteiger partial charge in [-0.25, -0.2) is 13.8 Å². The van der Waals surface area contributed by atoms with Crippen LogP contribution in [0, 0.1) is 0 Å². The van der Waals surface area contributed by atoms with Crippen LogP contribution in [0.5, 0.6) is 5.75 Å². The quantitative estimate of drug-likeness (QED) is 0.153. The molecule has 2 fully saturated rings. The number of nitrogen functional groups attached to an aromatic ring is 1. The monoisotopic (exact) mass is 634 g/mol. The van der Waals surface area contributed by atoms with Gasteiger partial charge in [0.05, 0.1) is 18.2 Å². The molecule has 2 aliphatic heterocycles. The number of piperidine rings is 2. The summed E-state index contributed by atoms with van der Waals surface area (Å²) in [4.78, 5) is 32.4. The predicted molar refractivity (Wildman–Crippen MR) is 160 cm³/mol. The minimum absolute atomic E-state index is 0.106. The number of hydrogen-bond acceptors (Lipinski definition) is 8. The summed E-state index contributed by atoms with van der Waals surface area (Å²) in [6.07, 6.45) is -1.59. The highest BCUT2D eigenvalue weighted by Crippen LogP contribution is 2.31. The van der Waals surface area contributed by atoms with E-state index in [2.05, 4.69) is 16.9 Å². The molecule has 0 saturated carbocycles. The largest absolute Gasteiger partial charge is 0.496 e. The number of benzene rings is 1. The summed E-state index contributed by atoms with van der Waals surface area (Å²) >= 11 is 0. The number of halogens is 5. The number of nitrogens with zero attached hydrogens (tertiary/aromatic N) is 3. The van der Waals surface area contributed by atoms with E-state index < -0.39 is 48.0 Å². The van der Waals surface area contributed by atoms with Gasteiger partial charge in [-0.3, -0.25) is 9.59 Å². The molecule has 2 saturated heterocycles. The summed E-state index contributed by atoms with van der Waals surface area (Å²) < 4.78 is 71.7. The van der Waals surface area contributed by atoms with Crippen LogP contribution in [0.1, 0.15) is 41.6 Å². The molecule has 4 rings (SSSR count). The first kappa shape index (κ1) is 33.3. The van der Waals surface area contributed by atoms with Crippen LogP contribution in [0.15, 0.2) is 66.5 Å². The fraction of sp³-hybridized carbons (Fsp3) is 0.387. The summed E-state index contributed by atoms with van der Waals surface area (Å²) in [6.45, 7) is 4.59. The first-order valence-electron chi connectivity index (χ1n) is 14.3. The number of anilines is 2. The van der Waals surface area contributed by atoms with Crippen LogP contribution in [-0.4, -0.2) is 77.9 Å². The number of pyridine rings is 1. The van der Waals surface area contributed by atoms with Crippen molar-refractivity contribution in [2.75, 3.05) is 44.3 Å². The average Bonchev–Trinajstić information content (AvgIpc) is 3.00. The zero-order chi connectivity index (χ0) is 32.9. The first-order chi connectivity index (χ1) is 21.2. The van der Waals surface area contributed by atoms with Crippen molar-refractivity contribution in [3.05, 3.63) is 77.7 Å². The number of Topliss-reactive ketones (excluding diaryl/α,β-unsaturated/α-hetero) is 1. The Labute approximate surface area is 257 Å². The summed E-state index contributed by atoms with van der Waals surface area (Å²) in [5.74, 6) is -5.12. The van der Waals surface area contributed by atoms with Crippen molar-refractivity contribution in [3.8, 4) is 5.75 Å². The van der Waals surface area contributed by atoms with Crippen LogP contribution in [0.3, 0.4) is 0 Å². The standard InChI is InChI=1S/C31H35F5N6O3/c1-19(21-7-3-4-8-24(21)45-2)9-10-23(29(44)41-16-13-30(32,33)14-17-41)28(38)42-15-5-6-20(18-42)39-25-12-11-22(27(37)40-25)26(43)31(34,35)36/h3-4,7-12,20H,1,5-6,13-18,38H2,2H3,(H3,37,39,40)/b10-9-,28-23-. The Morgan fingerprint density at radius 1 is 1.07 bits per heavy atom. The number of allylic oxidation sites excluding steroid dienone is 2. The van der Waals surface area contributed by atoms with Gasteiger partial charge in [0, 0.05) is 50.6 Å². The summed E-state index contributed by atoms with van der Waals surface area (Å²) in [5, 5.41) is 3.11. The Bertz CT molecular complexity index is 1500. The van der Waals surface area contributed by atoms with Crippen LogP contribution in [0.2, 0.25) is 0 Å². The number of ether oxygens (including phenoxy) is 1. The molecule has 0 bridgehead atoms. The smallest absolute Gasteiger partial charge is 0.455 e. The number of nitrogens with one attached hydrogen (secondary N) is 1. The highest BCUT2D eigenvalue weighted by atomic mass is 19.4. The van der Waals surface area contributed by atoms with Gasteiger partial charge in [-0.1, -0.05) is 30.9 Å². The molecule has 1 aromatic heterocycles. The van der Waals surface area contributed by atoms with Gasteiger partial charge in [0.25, 0.3) is 17.6 Å². The Hall–Kier alpha value is -4.62. The van der Waals surface area contributed by atoms with Crippen molar-refractivity contribution in [3.63, 3.8) is 0 Å².